The van der Waals surface area contributed by atoms with Crippen LogP contribution in [0.3, 0.4) is 0 Å². The van der Waals surface area contributed by atoms with E-state index >= 15 is 0 Å². The number of aliphatic hydroxyl groups is 1. The summed E-state index contributed by atoms with van der Waals surface area (Å²) in [5.41, 5.74) is 2.39. The van der Waals surface area contributed by atoms with Gasteiger partial charge < -0.3 is 9.52 Å². The van der Waals surface area contributed by atoms with Crippen LogP contribution < -0.4 is 5.46 Å². The summed E-state index contributed by atoms with van der Waals surface area (Å²) in [5, 5.41) is 10.7. The maximum Gasteiger partial charge on any atom is 0.188 e. The molecule has 0 spiro atoms. The predicted molar refractivity (Wildman–Crippen MR) is 70.5 cm³/mol. The van der Waals surface area contributed by atoms with Gasteiger partial charge in [0.05, 0.1) is 0 Å². The summed E-state index contributed by atoms with van der Waals surface area (Å²) in [6.07, 6.45) is 0. The van der Waals surface area contributed by atoms with Gasteiger partial charge in [0, 0.05) is 16.3 Å². The molecule has 1 aromatic heterocycles. The Morgan fingerprint density at radius 3 is 2.50 bits per heavy atom. The average Bonchev–Trinajstić information content (AvgIpc) is 2.73. The van der Waals surface area contributed by atoms with Crippen LogP contribution in [0, 0.1) is 0 Å². The molecule has 2 radical (unpaired) electrons. The molecule has 3 nitrogen and oxygen atoms in total. The minimum absolute atomic E-state index is 0.322. The number of benzene rings is 2. The van der Waals surface area contributed by atoms with Crippen LogP contribution in [0.5, 0.6) is 0 Å². The van der Waals surface area contributed by atoms with Gasteiger partial charge in [0.1, 0.15) is 25.6 Å². The number of rotatable bonds is 2. The van der Waals surface area contributed by atoms with Gasteiger partial charge in [0.25, 0.3) is 0 Å². The number of furan rings is 1. The van der Waals surface area contributed by atoms with Crippen LogP contribution in [0.4, 0.5) is 0 Å². The van der Waals surface area contributed by atoms with Crippen molar-refractivity contribution in [1.82, 2.24) is 0 Å². The number of hydrogen-bond acceptors (Lipinski definition) is 3. The molecule has 1 N–H and O–H groups in total. The van der Waals surface area contributed by atoms with Gasteiger partial charge >= 0.3 is 0 Å². The Bertz CT molecular complexity index is 758. The number of carbonyl (C=O) groups is 1. The van der Waals surface area contributed by atoms with Gasteiger partial charge in [-0.3, -0.25) is 4.79 Å². The summed E-state index contributed by atoms with van der Waals surface area (Å²) in [4.78, 5) is 11.4. The van der Waals surface area contributed by atoms with Crippen LogP contribution in [0.25, 0.3) is 21.9 Å². The van der Waals surface area contributed by atoms with Gasteiger partial charge in [-0.25, -0.2) is 0 Å². The molecular weight excluding hydrogens is 227 g/mol. The Hall–Kier alpha value is -2.07. The van der Waals surface area contributed by atoms with E-state index in [1.165, 1.54) is 0 Å². The van der Waals surface area contributed by atoms with Crippen LogP contribution >= 0.6 is 0 Å². The lowest BCUT2D eigenvalue weighted by molar-refractivity contribution is 0.0904. The van der Waals surface area contributed by atoms with Crippen molar-refractivity contribution >= 4 is 41.0 Å². The van der Waals surface area contributed by atoms with Crippen LogP contribution in [0.2, 0.25) is 0 Å². The molecule has 1 heterocycles. The highest BCUT2D eigenvalue weighted by Gasteiger charge is 2.10. The van der Waals surface area contributed by atoms with Crippen LogP contribution in [0.1, 0.15) is 10.4 Å². The number of Topliss-reactive ketones (excluding diaryl/α,β-unsaturated/α-hetero) is 1. The number of ketones is 1. The maximum atomic E-state index is 11.4. The molecular formula is C14H9BO3. The second-order valence-corrected chi connectivity index (χ2v) is 4.15. The molecule has 2 aromatic carbocycles. The first kappa shape index (κ1) is 11.0. The smallest absolute Gasteiger partial charge is 0.188 e. The summed E-state index contributed by atoms with van der Waals surface area (Å²) in [6.45, 7) is -0.501. The zero-order chi connectivity index (χ0) is 12.7. The van der Waals surface area contributed by atoms with Gasteiger partial charge in [-0.2, -0.15) is 0 Å². The first-order valence-corrected chi connectivity index (χ1v) is 5.55. The van der Waals surface area contributed by atoms with E-state index in [0.29, 0.717) is 22.2 Å². The molecule has 3 rings (SSSR count). The SMILES string of the molecule is [B]c1ccc2c(c1)oc1cc(C(=O)CO)ccc12. The number of hydrogen-bond donors (Lipinski definition) is 1. The van der Waals surface area contributed by atoms with Crippen molar-refractivity contribution in [2.75, 3.05) is 6.61 Å². The van der Waals surface area contributed by atoms with Gasteiger partial charge in [-0.15, -0.1) is 0 Å². The minimum Gasteiger partial charge on any atom is -0.456 e. The molecule has 0 unspecified atom stereocenters. The first-order valence-electron chi connectivity index (χ1n) is 5.55. The highest BCUT2D eigenvalue weighted by Crippen LogP contribution is 2.28. The molecule has 0 saturated heterocycles. The van der Waals surface area contributed by atoms with Crippen LogP contribution in [-0.2, 0) is 0 Å². The first-order chi connectivity index (χ1) is 8.69. The van der Waals surface area contributed by atoms with E-state index in [4.69, 9.17) is 17.4 Å². The molecule has 86 valence electrons. The van der Waals surface area contributed by atoms with Crippen molar-refractivity contribution in [3.63, 3.8) is 0 Å². The van der Waals surface area contributed by atoms with Crippen molar-refractivity contribution in [1.29, 1.82) is 0 Å². The summed E-state index contributed by atoms with van der Waals surface area (Å²) >= 11 is 0. The lowest BCUT2D eigenvalue weighted by Gasteiger charge is -1.96. The highest BCUT2D eigenvalue weighted by atomic mass is 16.3. The molecule has 0 saturated carbocycles. The Morgan fingerprint density at radius 2 is 1.78 bits per heavy atom. The fourth-order valence-corrected chi connectivity index (χ4v) is 2.06. The van der Waals surface area contributed by atoms with Gasteiger partial charge in [0.15, 0.2) is 5.78 Å². The monoisotopic (exact) mass is 236 g/mol. The minimum atomic E-state index is -0.501. The zero-order valence-electron chi connectivity index (χ0n) is 9.51. The second kappa shape index (κ2) is 4.00. The fourth-order valence-electron chi connectivity index (χ4n) is 2.06. The molecule has 3 aromatic rings. The van der Waals surface area contributed by atoms with Gasteiger partial charge in [0.2, 0.25) is 0 Å². The van der Waals surface area contributed by atoms with E-state index in [-0.39, 0.29) is 5.78 Å². The molecule has 4 heteroatoms. The van der Waals surface area contributed by atoms with E-state index in [9.17, 15) is 4.79 Å². The third-order valence-corrected chi connectivity index (χ3v) is 2.96. The zero-order valence-corrected chi connectivity index (χ0v) is 9.51. The Balaban J connectivity index is 2.29. The van der Waals surface area contributed by atoms with Crippen molar-refractivity contribution in [3.05, 3.63) is 42.0 Å². The maximum absolute atomic E-state index is 11.4. The van der Waals surface area contributed by atoms with Crippen molar-refractivity contribution < 1.29 is 14.3 Å². The predicted octanol–water partition coefficient (Wildman–Crippen LogP) is 1.55. The largest absolute Gasteiger partial charge is 0.456 e. The molecule has 0 aliphatic carbocycles. The molecule has 0 aliphatic heterocycles. The highest BCUT2D eigenvalue weighted by molar-refractivity contribution is 6.33. The molecule has 0 bridgehead atoms. The van der Waals surface area contributed by atoms with E-state index < -0.39 is 6.61 Å². The summed E-state index contributed by atoms with van der Waals surface area (Å²) < 4.78 is 5.65. The van der Waals surface area contributed by atoms with Crippen LogP contribution in [0.15, 0.2) is 40.8 Å². The topological polar surface area (TPSA) is 50.4 Å². The van der Waals surface area contributed by atoms with E-state index in [2.05, 4.69) is 0 Å². The normalized spacial score (nSPS) is 11.2. The average molecular weight is 236 g/mol. The van der Waals surface area contributed by atoms with Gasteiger partial charge in [-0.05, 0) is 18.2 Å². The molecule has 0 fully saturated rings. The Morgan fingerprint density at radius 1 is 1.11 bits per heavy atom. The second-order valence-electron chi connectivity index (χ2n) is 4.15. The number of aliphatic hydroxyl groups excluding tert-OH is 1. The Kier molecular flexibility index (Phi) is 2.45. The van der Waals surface area contributed by atoms with Crippen LogP contribution in [-0.4, -0.2) is 25.3 Å². The van der Waals surface area contributed by atoms with Crippen molar-refractivity contribution in [3.8, 4) is 0 Å². The quantitative estimate of drug-likeness (QED) is 0.542. The molecule has 0 aliphatic rings. The van der Waals surface area contributed by atoms with Crippen molar-refractivity contribution in [2.45, 2.75) is 0 Å². The molecule has 18 heavy (non-hydrogen) atoms. The molecule has 0 amide bonds. The third kappa shape index (κ3) is 1.62. The lowest BCUT2D eigenvalue weighted by Crippen LogP contribution is -2.03. The third-order valence-electron chi connectivity index (χ3n) is 2.96. The Labute approximate surface area is 104 Å². The number of carbonyl (C=O) groups excluding carboxylic acids is 1. The summed E-state index contributed by atoms with van der Waals surface area (Å²) in [7, 11) is 5.70. The van der Waals surface area contributed by atoms with E-state index in [1.54, 1.807) is 18.2 Å². The standard InChI is InChI=1S/C14H9BO3/c15-9-2-4-11-10-3-1-8(12(17)7-16)5-13(10)18-14(11)6-9/h1-6,16H,7H2. The van der Waals surface area contributed by atoms with Gasteiger partial charge in [-0.1, -0.05) is 23.7 Å². The summed E-state index contributed by atoms with van der Waals surface area (Å²) in [6, 6.07) is 10.6. The van der Waals surface area contributed by atoms with E-state index in [1.807, 2.05) is 18.2 Å². The number of fused-ring (bicyclic) bond motifs is 3. The van der Waals surface area contributed by atoms with E-state index in [0.717, 1.165) is 10.8 Å². The summed E-state index contributed by atoms with van der Waals surface area (Å²) in [5.74, 6) is -0.322. The lowest BCUT2D eigenvalue weighted by atomic mass is 9.95. The van der Waals surface area contributed by atoms with Crippen molar-refractivity contribution in [2.24, 2.45) is 0 Å². The molecule has 0 atom stereocenters. The fraction of sp³-hybridized carbons (Fsp3) is 0.0714.